The number of hydrogen-bond acceptors (Lipinski definition) is 6. The van der Waals surface area contributed by atoms with Crippen LogP contribution in [0.2, 0.25) is 0 Å². The molecule has 0 amide bonds. The highest BCUT2D eigenvalue weighted by atomic mass is 16.6. The quantitative estimate of drug-likeness (QED) is 0.0261. The fraction of sp³-hybridized carbons (Fsp3) is 0.769. The summed E-state index contributed by atoms with van der Waals surface area (Å²) in [7, 11) is 0. The van der Waals surface area contributed by atoms with Crippen molar-refractivity contribution in [3.63, 3.8) is 0 Å². The minimum Gasteiger partial charge on any atom is -0.462 e. The average Bonchev–Trinajstić information content (AvgIpc) is 3.37. The van der Waals surface area contributed by atoms with Crippen molar-refractivity contribution in [2.75, 3.05) is 13.2 Å². The Morgan fingerprint density at radius 1 is 0.296 bits per heavy atom. The van der Waals surface area contributed by atoms with Crippen LogP contribution in [0.3, 0.4) is 0 Å². The zero-order valence-corrected chi connectivity index (χ0v) is 47.0. The molecule has 0 aromatic carbocycles. The maximum absolute atomic E-state index is 12.7. The Labute approximate surface area is 440 Å². The second-order valence-electron chi connectivity index (χ2n) is 20.2. The van der Waals surface area contributed by atoms with Gasteiger partial charge in [-0.05, 0) is 83.5 Å². The summed E-state index contributed by atoms with van der Waals surface area (Å²) in [5.74, 6) is -0.881. The van der Waals surface area contributed by atoms with Crippen LogP contribution in [0.4, 0.5) is 0 Å². The van der Waals surface area contributed by atoms with Gasteiger partial charge in [0.2, 0.25) is 0 Å². The molecule has 1 unspecified atom stereocenters. The van der Waals surface area contributed by atoms with Crippen molar-refractivity contribution in [2.24, 2.45) is 0 Å². The molecule has 0 aliphatic heterocycles. The predicted octanol–water partition coefficient (Wildman–Crippen LogP) is 20.5. The van der Waals surface area contributed by atoms with Crippen LogP contribution in [-0.4, -0.2) is 37.2 Å². The van der Waals surface area contributed by atoms with Gasteiger partial charge in [-0.2, -0.15) is 0 Å². The number of allylic oxidation sites excluding steroid dienone is 12. The first-order valence-electron chi connectivity index (χ1n) is 30.4. The SMILES string of the molecule is CC/C=C\C/C=C\C/C=C\C/C=C\C/C=C\CCCCCCCCCCCCCCCCCCCCCC(=O)OCC(COC(=O)CCCCCCCCC)OC(=O)CCCCCCC/C=C\CCCC. The number of carbonyl (C=O) groups excluding carboxylic acids is 3. The van der Waals surface area contributed by atoms with E-state index in [0.717, 1.165) is 103 Å². The van der Waals surface area contributed by atoms with Crippen molar-refractivity contribution in [1.29, 1.82) is 0 Å². The number of unbranched alkanes of at least 4 members (excludes halogenated alkanes) is 32. The van der Waals surface area contributed by atoms with Crippen LogP contribution in [0.25, 0.3) is 0 Å². The number of carbonyl (C=O) groups is 3. The lowest BCUT2D eigenvalue weighted by molar-refractivity contribution is -0.167. The normalized spacial score (nSPS) is 12.5. The van der Waals surface area contributed by atoms with E-state index in [1.165, 1.54) is 161 Å². The summed E-state index contributed by atoms with van der Waals surface area (Å²) in [6.07, 6.45) is 76.7. The Balaban J connectivity index is 3.91. The maximum Gasteiger partial charge on any atom is 0.306 e. The third-order valence-electron chi connectivity index (χ3n) is 13.2. The summed E-state index contributed by atoms with van der Waals surface area (Å²) in [6.45, 7) is 6.45. The van der Waals surface area contributed by atoms with Gasteiger partial charge in [-0.1, -0.05) is 273 Å². The molecular formula is C65H114O6. The minimum absolute atomic E-state index is 0.0740. The monoisotopic (exact) mass is 991 g/mol. The largest absolute Gasteiger partial charge is 0.462 e. The molecule has 410 valence electrons. The molecule has 0 aromatic rings. The zero-order valence-electron chi connectivity index (χ0n) is 47.0. The summed E-state index contributed by atoms with van der Waals surface area (Å²) in [5.41, 5.74) is 0. The molecule has 0 aromatic heterocycles. The van der Waals surface area contributed by atoms with Gasteiger partial charge >= 0.3 is 17.9 Å². The zero-order chi connectivity index (χ0) is 51.4. The molecule has 0 radical (unpaired) electrons. The molecule has 1 atom stereocenters. The van der Waals surface area contributed by atoms with Crippen LogP contribution in [0.5, 0.6) is 0 Å². The van der Waals surface area contributed by atoms with E-state index in [2.05, 4.69) is 93.7 Å². The fourth-order valence-electron chi connectivity index (χ4n) is 8.63. The van der Waals surface area contributed by atoms with E-state index >= 15 is 0 Å². The van der Waals surface area contributed by atoms with Crippen molar-refractivity contribution in [2.45, 2.75) is 309 Å². The summed E-state index contributed by atoms with van der Waals surface area (Å²) < 4.78 is 16.7. The van der Waals surface area contributed by atoms with Crippen LogP contribution in [0, 0.1) is 0 Å². The summed E-state index contributed by atoms with van der Waals surface area (Å²) in [5, 5.41) is 0. The summed E-state index contributed by atoms with van der Waals surface area (Å²) >= 11 is 0. The van der Waals surface area contributed by atoms with Gasteiger partial charge in [0.05, 0.1) is 0 Å². The third kappa shape index (κ3) is 57.6. The maximum atomic E-state index is 12.7. The first-order valence-corrected chi connectivity index (χ1v) is 30.4. The lowest BCUT2D eigenvalue weighted by atomic mass is 10.0. The van der Waals surface area contributed by atoms with Crippen molar-refractivity contribution >= 4 is 17.9 Å². The molecule has 0 aliphatic carbocycles. The Kier molecular flexibility index (Phi) is 56.8. The first-order chi connectivity index (χ1) is 35.0. The standard InChI is InChI=1S/C65H114O6/c1-4-7-10-13-16-18-20-21-22-23-24-25-26-27-28-29-30-31-32-33-34-35-36-37-38-39-40-41-42-43-45-46-49-52-55-58-64(67)70-61-62(60-69-63(66)57-54-51-48-15-12-9-6-3)71-65(68)59-56-53-50-47-44-19-17-14-11-8-5-2/h7,10,14,16-18,21-22,24-25,27-28,62H,4-6,8-9,11-13,15,19-20,23,26,29-61H2,1-3H3/b10-7-,17-14-,18-16-,22-21-,25-24-,28-27-. The van der Waals surface area contributed by atoms with Crippen molar-refractivity contribution in [3.05, 3.63) is 72.9 Å². The molecule has 6 heteroatoms. The smallest absolute Gasteiger partial charge is 0.306 e. The average molecular weight is 992 g/mol. The summed E-state index contributed by atoms with van der Waals surface area (Å²) in [6, 6.07) is 0. The Morgan fingerprint density at radius 3 is 0.915 bits per heavy atom. The predicted molar refractivity (Wildman–Crippen MR) is 307 cm³/mol. The van der Waals surface area contributed by atoms with E-state index < -0.39 is 6.10 Å². The molecular weight excluding hydrogens is 877 g/mol. The topological polar surface area (TPSA) is 78.9 Å². The summed E-state index contributed by atoms with van der Waals surface area (Å²) in [4.78, 5) is 37.8. The molecule has 6 nitrogen and oxygen atoms in total. The highest BCUT2D eigenvalue weighted by Gasteiger charge is 2.19. The molecule has 0 spiro atoms. The van der Waals surface area contributed by atoms with E-state index in [1.54, 1.807) is 0 Å². The molecule has 0 aliphatic rings. The molecule has 0 heterocycles. The highest BCUT2D eigenvalue weighted by Crippen LogP contribution is 2.17. The van der Waals surface area contributed by atoms with Crippen molar-refractivity contribution < 1.29 is 28.6 Å². The third-order valence-corrected chi connectivity index (χ3v) is 13.2. The highest BCUT2D eigenvalue weighted by molar-refractivity contribution is 5.71. The van der Waals surface area contributed by atoms with Crippen molar-refractivity contribution in [3.8, 4) is 0 Å². The van der Waals surface area contributed by atoms with Gasteiger partial charge in [-0.15, -0.1) is 0 Å². The molecule has 0 rings (SSSR count). The van der Waals surface area contributed by atoms with E-state index in [0.29, 0.717) is 19.3 Å². The molecule has 0 saturated carbocycles. The van der Waals surface area contributed by atoms with Crippen LogP contribution in [0.1, 0.15) is 303 Å². The van der Waals surface area contributed by atoms with E-state index in [9.17, 15) is 14.4 Å². The van der Waals surface area contributed by atoms with Gasteiger partial charge in [-0.25, -0.2) is 0 Å². The second kappa shape index (κ2) is 59.4. The van der Waals surface area contributed by atoms with Gasteiger partial charge in [-0.3, -0.25) is 14.4 Å². The van der Waals surface area contributed by atoms with E-state index in [1.807, 2.05) is 0 Å². The first kappa shape index (κ1) is 67.8. The van der Waals surface area contributed by atoms with Gasteiger partial charge in [0.25, 0.3) is 0 Å². The molecule has 71 heavy (non-hydrogen) atoms. The second-order valence-corrected chi connectivity index (χ2v) is 20.2. The van der Waals surface area contributed by atoms with Gasteiger partial charge in [0.1, 0.15) is 13.2 Å². The number of ether oxygens (including phenoxy) is 3. The lowest BCUT2D eigenvalue weighted by Crippen LogP contribution is -2.30. The fourth-order valence-corrected chi connectivity index (χ4v) is 8.63. The van der Waals surface area contributed by atoms with Crippen LogP contribution in [-0.2, 0) is 28.6 Å². The van der Waals surface area contributed by atoms with Crippen LogP contribution >= 0.6 is 0 Å². The van der Waals surface area contributed by atoms with Crippen LogP contribution < -0.4 is 0 Å². The van der Waals surface area contributed by atoms with Gasteiger partial charge in [0, 0.05) is 19.3 Å². The minimum atomic E-state index is -0.772. The Morgan fingerprint density at radius 2 is 0.563 bits per heavy atom. The molecule has 0 bridgehead atoms. The Hall–Kier alpha value is -3.15. The lowest BCUT2D eigenvalue weighted by Gasteiger charge is -2.18. The molecule has 0 N–H and O–H groups in total. The van der Waals surface area contributed by atoms with E-state index in [-0.39, 0.29) is 31.1 Å². The van der Waals surface area contributed by atoms with Crippen molar-refractivity contribution in [1.82, 2.24) is 0 Å². The van der Waals surface area contributed by atoms with Gasteiger partial charge < -0.3 is 14.2 Å². The van der Waals surface area contributed by atoms with E-state index in [4.69, 9.17) is 14.2 Å². The number of rotatable bonds is 55. The van der Waals surface area contributed by atoms with Crippen LogP contribution in [0.15, 0.2) is 72.9 Å². The molecule has 0 fully saturated rings. The molecule has 0 saturated heterocycles. The van der Waals surface area contributed by atoms with Gasteiger partial charge in [0.15, 0.2) is 6.10 Å². The number of esters is 3. The Bertz CT molecular complexity index is 1320. The number of hydrogen-bond donors (Lipinski definition) is 0.